The van der Waals surface area contributed by atoms with Gasteiger partial charge in [-0.1, -0.05) is 11.6 Å². The zero-order valence-corrected chi connectivity index (χ0v) is 13.8. The average Bonchev–Trinajstić information content (AvgIpc) is 2.47. The Labute approximate surface area is 132 Å². The highest BCUT2D eigenvalue weighted by atomic mass is 35.5. The van der Waals surface area contributed by atoms with Crippen LogP contribution in [0.25, 0.3) is 0 Å². The second-order valence-corrected chi connectivity index (χ2v) is 6.61. The highest BCUT2D eigenvalue weighted by Gasteiger charge is 2.19. The SMILES string of the molecule is CN(C)CCCC1CCN(c2ccc(C=O)c(Cl)c2)CC1. The molecule has 116 valence electrons. The number of halogens is 1. The second-order valence-electron chi connectivity index (χ2n) is 6.20. The van der Waals surface area contributed by atoms with E-state index in [4.69, 9.17) is 11.6 Å². The van der Waals surface area contributed by atoms with E-state index in [1.54, 1.807) is 0 Å². The van der Waals surface area contributed by atoms with E-state index < -0.39 is 0 Å². The fourth-order valence-electron chi connectivity index (χ4n) is 2.98. The molecule has 0 spiro atoms. The number of nitrogens with zero attached hydrogens (tertiary/aromatic N) is 2. The van der Waals surface area contributed by atoms with Crippen molar-refractivity contribution in [1.82, 2.24) is 4.90 Å². The van der Waals surface area contributed by atoms with Gasteiger partial charge in [0.1, 0.15) is 0 Å². The second kappa shape index (κ2) is 7.81. The highest BCUT2D eigenvalue weighted by molar-refractivity contribution is 6.33. The monoisotopic (exact) mass is 308 g/mol. The van der Waals surface area contributed by atoms with E-state index in [2.05, 4.69) is 23.9 Å². The third kappa shape index (κ3) is 4.72. The Morgan fingerprint density at radius 1 is 1.33 bits per heavy atom. The molecular weight excluding hydrogens is 284 g/mol. The van der Waals surface area contributed by atoms with E-state index in [-0.39, 0.29) is 0 Å². The highest BCUT2D eigenvalue weighted by Crippen LogP contribution is 2.28. The molecule has 1 fully saturated rings. The lowest BCUT2D eigenvalue weighted by atomic mass is 9.92. The lowest BCUT2D eigenvalue weighted by Gasteiger charge is -2.34. The topological polar surface area (TPSA) is 23.6 Å². The largest absolute Gasteiger partial charge is 0.371 e. The number of rotatable bonds is 6. The summed E-state index contributed by atoms with van der Waals surface area (Å²) in [5, 5.41) is 0.551. The Balaban J connectivity index is 1.83. The molecule has 21 heavy (non-hydrogen) atoms. The average molecular weight is 309 g/mol. The molecule has 1 aromatic carbocycles. The number of hydrogen-bond donors (Lipinski definition) is 0. The summed E-state index contributed by atoms with van der Waals surface area (Å²) in [6.07, 6.45) is 5.93. The predicted octanol–water partition coefficient (Wildman–Crippen LogP) is 3.71. The summed E-state index contributed by atoms with van der Waals surface area (Å²) in [6.45, 7) is 3.36. The van der Waals surface area contributed by atoms with Crippen molar-refractivity contribution in [2.75, 3.05) is 38.6 Å². The Kier molecular flexibility index (Phi) is 6.07. The quantitative estimate of drug-likeness (QED) is 0.749. The lowest BCUT2D eigenvalue weighted by molar-refractivity contribution is 0.112. The van der Waals surface area contributed by atoms with Crippen LogP contribution in [0.4, 0.5) is 5.69 Å². The van der Waals surface area contributed by atoms with Crippen LogP contribution in [-0.4, -0.2) is 44.9 Å². The molecule has 0 N–H and O–H groups in total. The van der Waals surface area contributed by atoms with Gasteiger partial charge in [-0.3, -0.25) is 4.79 Å². The molecule has 0 bridgehead atoms. The molecule has 3 nitrogen and oxygen atoms in total. The summed E-state index contributed by atoms with van der Waals surface area (Å²) in [7, 11) is 4.27. The first-order valence-electron chi connectivity index (χ1n) is 7.74. The van der Waals surface area contributed by atoms with Gasteiger partial charge in [-0.25, -0.2) is 0 Å². The van der Waals surface area contributed by atoms with Crippen molar-refractivity contribution >= 4 is 23.6 Å². The van der Waals surface area contributed by atoms with E-state index >= 15 is 0 Å². The molecule has 0 saturated carbocycles. The normalized spacial score (nSPS) is 16.5. The van der Waals surface area contributed by atoms with Crippen molar-refractivity contribution in [2.24, 2.45) is 5.92 Å². The Morgan fingerprint density at radius 2 is 2.05 bits per heavy atom. The van der Waals surface area contributed by atoms with Gasteiger partial charge in [0.2, 0.25) is 0 Å². The summed E-state index contributed by atoms with van der Waals surface area (Å²) in [4.78, 5) is 15.4. The Bertz CT molecular complexity index is 468. The molecule has 0 aromatic heterocycles. The Morgan fingerprint density at radius 3 is 2.62 bits per heavy atom. The maximum atomic E-state index is 10.8. The third-order valence-corrected chi connectivity index (χ3v) is 4.64. The molecule has 0 unspecified atom stereocenters. The summed E-state index contributed by atoms with van der Waals surface area (Å²) in [5.74, 6) is 0.853. The lowest BCUT2D eigenvalue weighted by Crippen LogP contribution is -2.33. The zero-order chi connectivity index (χ0) is 15.2. The standard InChI is InChI=1S/C17H25ClN2O/c1-19(2)9-3-4-14-7-10-20(11-8-14)16-6-5-15(13-21)17(18)12-16/h5-6,12-14H,3-4,7-11H2,1-2H3. The number of anilines is 1. The van der Waals surface area contributed by atoms with Gasteiger partial charge in [-0.15, -0.1) is 0 Å². The maximum Gasteiger partial charge on any atom is 0.151 e. The summed E-state index contributed by atoms with van der Waals surface area (Å²) in [6, 6.07) is 5.73. The van der Waals surface area contributed by atoms with Crippen LogP contribution in [0.2, 0.25) is 5.02 Å². The number of piperidine rings is 1. The van der Waals surface area contributed by atoms with E-state index in [0.29, 0.717) is 10.6 Å². The molecule has 1 aliphatic rings. The molecule has 2 rings (SSSR count). The van der Waals surface area contributed by atoms with Gasteiger partial charge < -0.3 is 9.80 Å². The number of aldehydes is 1. The molecule has 0 aliphatic carbocycles. The third-order valence-electron chi connectivity index (χ3n) is 4.31. The van der Waals surface area contributed by atoms with Crippen LogP contribution in [0.3, 0.4) is 0 Å². The minimum Gasteiger partial charge on any atom is -0.371 e. The van der Waals surface area contributed by atoms with Gasteiger partial charge in [0.25, 0.3) is 0 Å². The number of benzene rings is 1. The minimum absolute atomic E-state index is 0.551. The fourth-order valence-corrected chi connectivity index (χ4v) is 3.20. The minimum atomic E-state index is 0.551. The van der Waals surface area contributed by atoms with Gasteiger partial charge in [-0.2, -0.15) is 0 Å². The smallest absolute Gasteiger partial charge is 0.151 e. The molecule has 0 amide bonds. The van der Waals surface area contributed by atoms with Crippen molar-refractivity contribution in [3.63, 3.8) is 0 Å². The van der Waals surface area contributed by atoms with Gasteiger partial charge in [0, 0.05) is 24.3 Å². The van der Waals surface area contributed by atoms with Gasteiger partial charge >= 0.3 is 0 Å². The molecule has 1 aliphatic heterocycles. The Hall–Kier alpha value is -1.06. The zero-order valence-electron chi connectivity index (χ0n) is 13.0. The van der Waals surface area contributed by atoms with Crippen LogP contribution in [0.1, 0.15) is 36.0 Å². The van der Waals surface area contributed by atoms with Crippen LogP contribution >= 0.6 is 11.6 Å². The van der Waals surface area contributed by atoms with Gasteiger partial charge in [0.05, 0.1) is 5.02 Å². The van der Waals surface area contributed by atoms with Crippen molar-refractivity contribution in [3.05, 3.63) is 28.8 Å². The van der Waals surface area contributed by atoms with E-state index in [1.165, 1.54) is 32.2 Å². The first-order chi connectivity index (χ1) is 10.1. The number of carbonyl (C=O) groups is 1. The number of carbonyl (C=O) groups excluding carboxylic acids is 1. The van der Waals surface area contributed by atoms with Gasteiger partial charge in [0.15, 0.2) is 6.29 Å². The summed E-state index contributed by atoms with van der Waals surface area (Å²) < 4.78 is 0. The fraction of sp³-hybridized carbons (Fsp3) is 0.588. The van der Waals surface area contributed by atoms with E-state index in [9.17, 15) is 4.79 Å². The molecule has 1 aromatic rings. The molecule has 4 heteroatoms. The van der Waals surface area contributed by atoms with Crippen molar-refractivity contribution in [3.8, 4) is 0 Å². The van der Waals surface area contributed by atoms with Crippen LogP contribution < -0.4 is 4.90 Å². The molecular formula is C17H25ClN2O. The van der Waals surface area contributed by atoms with Crippen molar-refractivity contribution in [1.29, 1.82) is 0 Å². The van der Waals surface area contributed by atoms with Crippen LogP contribution in [0.15, 0.2) is 18.2 Å². The first kappa shape index (κ1) is 16.3. The molecule has 1 heterocycles. The molecule has 1 saturated heterocycles. The molecule has 0 atom stereocenters. The number of hydrogen-bond acceptors (Lipinski definition) is 3. The van der Waals surface area contributed by atoms with Crippen LogP contribution in [-0.2, 0) is 0 Å². The van der Waals surface area contributed by atoms with Crippen molar-refractivity contribution in [2.45, 2.75) is 25.7 Å². The maximum absolute atomic E-state index is 10.8. The van der Waals surface area contributed by atoms with Gasteiger partial charge in [-0.05, 0) is 70.4 Å². The van der Waals surface area contributed by atoms with Crippen molar-refractivity contribution < 1.29 is 4.79 Å². The van der Waals surface area contributed by atoms with E-state index in [1.807, 2.05) is 18.2 Å². The van der Waals surface area contributed by atoms with Crippen LogP contribution in [0, 0.1) is 5.92 Å². The predicted molar refractivity (Wildman–Crippen MR) is 89.6 cm³/mol. The molecule has 0 radical (unpaired) electrons. The van der Waals surface area contributed by atoms with E-state index in [0.717, 1.165) is 31.0 Å². The summed E-state index contributed by atoms with van der Waals surface area (Å²) in [5.41, 5.74) is 1.70. The first-order valence-corrected chi connectivity index (χ1v) is 8.12. The summed E-state index contributed by atoms with van der Waals surface area (Å²) >= 11 is 6.11. The van der Waals surface area contributed by atoms with Crippen LogP contribution in [0.5, 0.6) is 0 Å².